The first-order chi connectivity index (χ1) is 6.08. The van der Waals surface area contributed by atoms with Gasteiger partial charge in [-0.2, -0.15) is 8.42 Å². The summed E-state index contributed by atoms with van der Waals surface area (Å²) in [6.45, 7) is 0. The zero-order valence-corrected chi connectivity index (χ0v) is 10.9. The fourth-order valence-corrected chi connectivity index (χ4v) is 1.49. The molecule has 0 aliphatic heterocycles. The molecular formula is C8H12NNaO3S. The molecule has 0 unspecified atom stereocenters. The van der Waals surface area contributed by atoms with Crippen LogP contribution in [0.5, 0.6) is 0 Å². The third-order valence-electron chi connectivity index (χ3n) is 1.56. The summed E-state index contributed by atoms with van der Waals surface area (Å²) in [6.07, 6.45) is 2.62. The molecule has 0 aliphatic carbocycles. The van der Waals surface area contributed by atoms with Gasteiger partial charge in [-0.1, -0.05) is 6.07 Å². The van der Waals surface area contributed by atoms with Crippen molar-refractivity contribution in [1.82, 2.24) is 4.98 Å². The Balaban J connectivity index is 0. The van der Waals surface area contributed by atoms with E-state index < -0.39 is 10.1 Å². The number of nitrogens with zero attached hydrogens (tertiary/aromatic N) is 1. The average Bonchev–Trinajstić information content (AvgIpc) is 2.04. The molecular weight excluding hydrogens is 213 g/mol. The Bertz CT molecular complexity index is 357. The second-order valence-corrected chi connectivity index (χ2v) is 4.28. The summed E-state index contributed by atoms with van der Waals surface area (Å²) in [6, 6.07) is 5.46. The first kappa shape index (κ1) is 14.1. The molecule has 0 amide bonds. The summed E-state index contributed by atoms with van der Waals surface area (Å²) in [5.41, 5.74) is 0.839. The van der Waals surface area contributed by atoms with Gasteiger partial charge in [0, 0.05) is 11.9 Å². The molecule has 1 aromatic rings. The third kappa shape index (κ3) is 6.50. The summed E-state index contributed by atoms with van der Waals surface area (Å²) >= 11 is 0. The van der Waals surface area contributed by atoms with Crippen LogP contribution in [0.2, 0.25) is 0 Å². The Morgan fingerprint density at radius 1 is 1.43 bits per heavy atom. The summed E-state index contributed by atoms with van der Waals surface area (Å²) in [4.78, 5) is 4.02. The van der Waals surface area contributed by atoms with Gasteiger partial charge < -0.3 is 1.43 Å². The summed E-state index contributed by atoms with van der Waals surface area (Å²) in [5.74, 6) is -0.205. The molecule has 0 saturated heterocycles. The van der Waals surface area contributed by atoms with Crippen LogP contribution in [-0.4, -0.2) is 23.7 Å². The Morgan fingerprint density at radius 2 is 2.14 bits per heavy atom. The minimum atomic E-state index is -3.82. The normalized spacial score (nSPS) is 10.6. The molecule has 1 aromatic heterocycles. The van der Waals surface area contributed by atoms with Crippen molar-refractivity contribution < 1.29 is 44.0 Å². The van der Waals surface area contributed by atoms with E-state index in [9.17, 15) is 8.42 Å². The van der Waals surface area contributed by atoms with Crippen molar-refractivity contribution in [3.63, 3.8) is 0 Å². The van der Waals surface area contributed by atoms with E-state index in [-0.39, 0.29) is 36.7 Å². The first-order valence-corrected chi connectivity index (χ1v) is 5.54. The number of hydrogen-bond acceptors (Lipinski definition) is 3. The van der Waals surface area contributed by atoms with Crippen molar-refractivity contribution >= 4 is 10.1 Å². The Hall–Kier alpha value is 0.0600. The molecule has 0 atom stereocenters. The van der Waals surface area contributed by atoms with Gasteiger partial charge in [-0.15, -0.1) is 0 Å². The maximum Gasteiger partial charge on any atom is 1.00 e. The van der Waals surface area contributed by atoms with Crippen molar-refractivity contribution in [2.45, 2.75) is 12.8 Å². The van der Waals surface area contributed by atoms with Gasteiger partial charge in [0.05, 0.1) is 5.75 Å². The van der Waals surface area contributed by atoms with Crippen LogP contribution >= 0.6 is 0 Å². The molecule has 0 fully saturated rings. The SMILES string of the molecule is O=S(=O)(O)CCCc1ccccn1.[H-].[Na+]. The van der Waals surface area contributed by atoms with Crippen LogP contribution in [0.3, 0.4) is 0 Å². The van der Waals surface area contributed by atoms with Gasteiger partial charge in [0.15, 0.2) is 0 Å². The molecule has 1 rings (SSSR count). The van der Waals surface area contributed by atoms with E-state index in [2.05, 4.69) is 4.98 Å². The molecule has 74 valence electrons. The van der Waals surface area contributed by atoms with Crippen molar-refractivity contribution in [2.24, 2.45) is 0 Å². The molecule has 14 heavy (non-hydrogen) atoms. The van der Waals surface area contributed by atoms with E-state index in [0.29, 0.717) is 12.8 Å². The monoisotopic (exact) mass is 225 g/mol. The molecule has 0 saturated carbocycles. The van der Waals surface area contributed by atoms with Crippen LogP contribution < -0.4 is 29.6 Å². The Labute approximate surface area is 107 Å². The quantitative estimate of drug-likeness (QED) is 0.476. The van der Waals surface area contributed by atoms with E-state index in [1.165, 1.54) is 0 Å². The number of rotatable bonds is 4. The Kier molecular flexibility index (Phi) is 6.55. The molecule has 0 bridgehead atoms. The third-order valence-corrected chi connectivity index (χ3v) is 2.37. The zero-order chi connectivity index (χ0) is 9.73. The summed E-state index contributed by atoms with van der Waals surface area (Å²) < 4.78 is 29.2. The van der Waals surface area contributed by atoms with Crippen LogP contribution in [0.25, 0.3) is 0 Å². The largest absolute Gasteiger partial charge is 1.00 e. The maximum absolute atomic E-state index is 10.4. The second-order valence-electron chi connectivity index (χ2n) is 2.71. The van der Waals surface area contributed by atoms with E-state index in [4.69, 9.17) is 4.55 Å². The van der Waals surface area contributed by atoms with Gasteiger partial charge in [-0.3, -0.25) is 9.54 Å². The topological polar surface area (TPSA) is 67.3 Å². The van der Waals surface area contributed by atoms with Gasteiger partial charge in [0.25, 0.3) is 10.1 Å². The Morgan fingerprint density at radius 3 is 2.64 bits per heavy atom. The molecule has 0 aromatic carbocycles. The molecule has 0 radical (unpaired) electrons. The fourth-order valence-electron chi connectivity index (χ4n) is 0.982. The van der Waals surface area contributed by atoms with Gasteiger partial charge in [0.2, 0.25) is 0 Å². The van der Waals surface area contributed by atoms with E-state index in [1.54, 1.807) is 12.3 Å². The average molecular weight is 225 g/mol. The van der Waals surface area contributed by atoms with Crippen molar-refractivity contribution in [3.8, 4) is 0 Å². The van der Waals surface area contributed by atoms with Crippen LogP contribution in [0, 0.1) is 0 Å². The minimum Gasteiger partial charge on any atom is -1.00 e. The predicted octanol–water partition coefficient (Wildman–Crippen LogP) is -1.98. The molecule has 0 aliphatic rings. The number of aryl methyl sites for hydroxylation is 1. The van der Waals surface area contributed by atoms with Gasteiger partial charge in [-0.05, 0) is 25.0 Å². The standard InChI is InChI=1S/C8H11NO3S.Na.H/c10-13(11,12)7-3-5-8-4-1-2-6-9-8;;/h1-2,4,6H,3,5,7H2,(H,10,11,12);;/q;+1;-1. The van der Waals surface area contributed by atoms with Crippen molar-refractivity contribution in [3.05, 3.63) is 30.1 Å². The predicted molar refractivity (Wildman–Crippen MR) is 50.1 cm³/mol. The van der Waals surface area contributed by atoms with E-state index in [1.807, 2.05) is 12.1 Å². The smallest absolute Gasteiger partial charge is 1.00 e. The zero-order valence-electron chi connectivity index (χ0n) is 9.05. The minimum absolute atomic E-state index is 0. The van der Waals surface area contributed by atoms with Crippen LogP contribution in [-0.2, 0) is 16.5 Å². The molecule has 6 heteroatoms. The molecule has 4 nitrogen and oxygen atoms in total. The van der Waals surface area contributed by atoms with Crippen molar-refractivity contribution in [1.29, 1.82) is 0 Å². The van der Waals surface area contributed by atoms with Crippen LogP contribution in [0.4, 0.5) is 0 Å². The summed E-state index contributed by atoms with van der Waals surface area (Å²) in [5, 5.41) is 0. The molecule has 1 N–H and O–H groups in total. The molecule has 1 heterocycles. The van der Waals surface area contributed by atoms with E-state index >= 15 is 0 Å². The maximum atomic E-state index is 10.4. The number of hydrogen-bond donors (Lipinski definition) is 1. The first-order valence-electron chi connectivity index (χ1n) is 3.93. The van der Waals surface area contributed by atoms with Crippen molar-refractivity contribution in [2.75, 3.05) is 5.75 Å². The van der Waals surface area contributed by atoms with E-state index in [0.717, 1.165) is 5.69 Å². The van der Waals surface area contributed by atoms with Gasteiger partial charge in [0.1, 0.15) is 0 Å². The van der Waals surface area contributed by atoms with Gasteiger partial charge >= 0.3 is 29.6 Å². The number of aromatic nitrogens is 1. The summed E-state index contributed by atoms with van der Waals surface area (Å²) in [7, 11) is -3.82. The second kappa shape index (κ2) is 6.53. The van der Waals surface area contributed by atoms with Gasteiger partial charge in [-0.25, -0.2) is 0 Å². The fraction of sp³-hybridized carbons (Fsp3) is 0.375. The van der Waals surface area contributed by atoms with Crippen LogP contribution in [0.15, 0.2) is 24.4 Å². The van der Waals surface area contributed by atoms with Crippen LogP contribution in [0.1, 0.15) is 13.5 Å². The molecule has 0 spiro atoms. The number of pyridine rings is 1.